The number of hydrogen-bond donors (Lipinski definition) is 3. The molecule has 49 valence electrons. The fourth-order valence-electron chi connectivity index (χ4n) is 0. The van der Waals surface area contributed by atoms with Gasteiger partial charge in [0.2, 0.25) is 0 Å². The molecule has 0 amide bonds. The Morgan fingerprint density at radius 3 is 1.12 bits per heavy atom. The van der Waals surface area contributed by atoms with E-state index in [1.807, 2.05) is 0 Å². The van der Waals surface area contributed by atoms with Gasteiger partial charge in [-0.3, -0.25) is 0 Å². The van der Waals surface area contributed by atoms with E-state index in [1.54, 1.807) is 0 Å². The predicted molar refractivity (Wildman–Crippen MR) is 14.5 cm³/mol. The second-order valence-corrected chi connectivity index (χ2v) is 2.97. The van der Waals surface area contributed by atoms with Gasteiger partial charge in [0.15, 0.2) is 0 Å². The monoisotopic (exact) mass is 225 g/mol. The summed E-state index contributed by atoms with van der Waals surface area (Å²) >= 11 is -6.94. The van der Waals surface area contributed by atoms with Crippen molar-refractivity contribution in [2.75, 3.05) is 0 Å². The van der Waals surface area contributed by atoms with Crippen LogP contribution in [0.5, 0.6) is 0 Å². The van der Waals surface area contributed by atoms with Crippen LogP contribution in [0.2, 0.25) is 0 Å². The summed E-state index contributed by atoms with van der Waals surface area (Å²) in [6, 6.07) is 0. The van der Waals surface area contributed by atoms with Crippen LogP contribution in [0.4, 0.5) is 0 Å². The molecule has 6 nitrogen and oxygen atoms in total. The SMILES string of the molecule is O=[As](O)(O)O.[O]=[V]=[O]. The van der Waals surface area contributed by atoms with E-state index in [1.165, 1.54) is 0 Å². The molecular weight excluding hydrogens is 222 g/mol. The van der Waals surface area contributed by atoms with Crippen molar-refractivity contribution >= 4 is 14.5 Å². The van der Waals surface area contributed by atoms with E-state index in [9.17, 15) is 0 Å². The number of rotatable bonds is 0. The van der Waals surface area contributed by atoms with Crippen LogP contribution in [0.15, 0.2) is 0 Å². The third kappa shape index (κ3) is 1060. The van der Waals surface area contributed by atoms with Crippen molar-refractivity contribution in [1.29, 1.82) is 0 Å². The molecule has 0 aromatic rings. The van der Waals surface area contributed by atoms with Gasteiger partial charge in [-0.1, -0.05) is 0 Å². The molecule has 0 aromatic heterocycles. The second-order valence-electron chi connectivity index (χ2n) is 0.588. The molecule has 0 saturated heterocycles. The Morgan fingerprint density at radius 2 is 1.12 bits per heavy atom. The molecule has 0 rings (SSSR count). The minimum atomic E-state index is -5.12. The third-order valence-corrected chi connectivity index (χ3v) is 0. The van der Waals surface area contributed by atoms with Crippen LogP contribution >= 0.6 is 0 Å². The molecule has 0 atom stereocenters. The first-order valence-corrected chi connectivity index (χ1v) is 5.57. The van der Waals surface area contributed by atoms with Crippen molar-refractivity contribution in [3.05, 3.63) is 0 Å². The Morgan fingerprint density at radius 1 is 1.12 bits per heavy atom. The summed E-state index contributed by atoms with van der Waals surface area (Å²) in [5.41, 5.74) is 0. The van der Waals surface area contributed by atoms with Gasteiger partial charge in [-0.25, -0.2) is 0 Å². The molecular formula is H3AsO6V. The Bertz CT molecular complexity index is 106. The Hall–Kier alpha value is 0.423. The molecule has 8 heavy (non-hydrogen) atoms. The van der Waals surface area contributed by atoms with E-state index in [2.05, 4.69) is 0 Å². The van der Waals surface area contributed by atoms with Crippen molar-refractivity contribution in [3.63, 3.8) is 0 Å². The molecule has 3 N–H and O–H groups in total. The Labute approximate surface area is 54.4 Å². The Balaban J connectivity index is 0. The van der Waals surface area contributed by atoms with Gasteiger partial charge in [0.05, 0.1) is 0 Å². The fraction of sp³-hybridized carbons (Fsp3) is 0. The first-order valence-electron chi connectivity index (χ1n) is 1.15. The van der Waals surface area contributed by atoms with Crippen molar-refractivity contribution in [2.45, 2.75) is 0 Å². The van der Waals surface area contributed by atoms with E-state index in [0.717, 1.165) is 0 Å². The number of hydrogen-bond acceptors (Lipinski definition) is 3. The quantitative estimate of drug-likeness (QED) is 0.396. The molecule has 0 heterocycles. The second kappa shape index (κ2) is 5.56. The fourth-order valence-corrected chi connectivity index (χ4v) is 0. The van der Waals surface area contributed by atoms with E-state index in [0.29, 0.717) is 0 Å². The zero-order chi connectivity index (χ0) is 7.21. The summed E-state index contributed by atoms with van der Waals surface area (Å²) in [6.07, 6.45) is 0. The van der Waals surface area contributed by atoms with Crippen LogP contribution in [-0.2, 0) is 27.3 Å². The first kappa shape index (κ1) is 11.2. The molecule has 0 aliphatic rings. The molecule has 0 spiro atoms. The Kier molecular flexibility index (Phi) is 7.82. The van der Waals surface area contributed by atoms with E-state index < -0.39 is 30.7 Å². The van der Waals surface area contributed by atoms with Gasteiger partial charge in [0.1, 0.15) is 0 Å². The van der Waals surface area contributed by atoms with E-state index in [4.69, 9.17) is 23.4 Å². The maximum atomic E-state index is 8.94. The summed E-state index contributed by atoms with van der Waals surface area (Å²) in [5.74, 6) is 0. The van der Waals surface area contributed by atoms with Crippen molar-refractivity contribution in [3.8, 4) is 0 Å². The van der Waals surface area contributed by atoms with Gasteiger partial charge in [-0.15, -0.1) is 0 Å². The van der Waals surface area contributed by atoms with Gasteiger partial charge in [-0.2, -0.15) is 0 Å². The van der Waals surface area contributed by atoms with Gasteiger partial charge >= 0.3 is 54.1 Å². The van der Waals surface area contributed by atoms with E-state index >= 15 is 0 Å². The van der Waals surface area contributed by atoms with Crippen molar-refractivity contribution < 1.29 is 39.6 Å². The topological polar surface area (TPSA) is 112 Å². The maximum absolute atomic E-state index is 8.94. The van der Waals surface area contributed by atoms with Crippen molar-refractivity contribution in [1.82, 2.24) is 0 Å². The van der Waals surface area contributed by atoms with Gasteiger partial charge in [0, 0.05) is 0 Å². The average Bonchev–Trinajstić information content (AvgIpc) is 1.27. The summed E-state index contributed by atoms with van der Waals surface area (Å²) in [6.45, 7) is 0. The molecule has 0 aliphatic carbocycles. The molecule has 0 aromatic carbocycles. The van der Waals surface area contributed by atoms with Gasteiger partial charge in [-0.05, 0) is 0 Å². The molecule has 0 fully saturated rings. The molecule has 8 heteroatoms. The van der Waals surface area contributed by atoms with Crippen LogP contribution in [0, 0.1) is 0 Å². The normalized spacial score (nSPS) is 8.38. The van der Waals surface area contributed by atoms with Crippen LogP contribution in [0.1, 0.15) is 0 Å². The molecule has 0 unspecified atom stereocenters. The van der Waals surface area contributed by atoms with Crippen LogP contribution in [0.3, 0.4) is 0 Å². The summed E-state index contributed by atoms with van der Waals surface area (Å²) < 4.78 is 47.6. The average molecular weight is 225 g/mol. The van der Waals surface area contributed by atoms with Gasteiger partial charge < -0.3 is 0 Å². The summed E-state index contributed by atoms with van der Waals surface area (Å²) in [5, 5.41) is 0. The van der Waals surface area contributed by atoms with Crippen LogP contribution in [-0.4, -0.2) is 26.8 Å². The first-order chi connectivity index (χ1) is 3.41. The molecule has 0 aliphatic heterocycles. The summed E-state index contributed by atoms with van der Waals surface area (Å²) in [7, 11) is 0. The van der Waals surface area contributed by atoms with Crippen LogP contribution in [0.25, 0.3) is 0 Å². The van der Waals surface area contributed by atoms with Crippen LogP contribution < -0.4 is 0 Å². The van der Waals surface area contributed by atoms with E-state index in [-0.39, 0.29) is 0 Å². The molecule has 0 radical (unpaired) electrons. The minimum absolute atomic E-state index is 1.81. The van der Waals surface area contributed by atoms with Gasteiger partial charge in [0.25, 0.3) is 0 Å². The van der Waals surface area contributed by atoms with Crippen molar-refractivity contribution in [2.24, 2.45) is 0 Å². The predicted octanol–water partition coefficient (Wildman–Crippen LogP) is -2.41. The third-order valence-electron chi connectivity index (χ3n) is 0. The molecule has 0 saturated carbocycles. The zero-order valence-electron chi connectivity index (χ0n) is 3.46. The standard InChI is InChI=1S/AsH3O4.2O.V/c2-1(3,4)5;;;/h(H3,2,3,4,5);;;. The zero-order valence-corrected chi connectivity index (χ0v) is 6.73. The molecule has 0 bridgehead atoms. The summed E-state index contributed by atoms with van der Waals surface area (Å²) in [4.78, 5) is 0.